The van der Waals surface area contributed by atoms with E-state index in [-0.39, 0.29) is 17.9 Å². The van der Waals surface area contributed by atoms with Crippen LogP contribution >= 0.6 is 22.6 Å². The lowest BCUT2D eigenvalue weighted by Crippen LogP contribution is -2.38. The van der Waals surface area contributed by atoms with E-state index in [1.165, 1.54) is 12.1 Å². The number of benzene rings is 1. The van der Waals surface area contributed by atoms with Crippen LogP contribution in [0, 0.1) is 3.57 Å². The number of halogens is 1. The molecule has 8 heteroatoms. The first-order chi connectivity index (χ1) is 7.92. The number of aliphatic carboxylic acids is 1. The van der Waals surface area contributed by atoms with Crippen molar-refractivity contribution < 1.29 is 18.3 Å². The molecule has 0 bridgehead atoms. The largest absolute Gasteiger partial charge is 0.481 e. The Bertz CT molecular complexity index is 486. The lowest BCUT2D eigenvalue weighted by Gasteiger charge is -2.07. The van der Waals surface area contributed by atoms with Crippen LogP contribution in [-0.4, -0.2) is 26.0 Å². The lowest BCUT2D eigenvalue weighted by molar-refractivity contribution is -0.136. The molecule has 0 heterocycles. The van der Waals surface area contributed by atoms with Crippen molar-refractivity contribution in [3.63, 3.8) is 0 Å². The number of hydrogen-bond acceptors (Lipinski definition) is 4. The number of rotatable bonds is 6. The van der Waals surface area contributed by atoms with Gasteiger partial charge in [-0.2, -0.15) is 0 Å². The maximum absolute atomic E-state index is 11.7. The number of nitrogens with one attached hydrogen (secondary N) is 2. The summed E-state index contributed by atoms with van der Waals surface area (Å²) in [6.07, 6.45) is -0.158. The van der Waals surface area contributed by atoms with Gasteiger partial charge >= 0.3 is 5.97 Å². The maximum atomic E-state index is 11.7. The minimum atomic E-state index is -3.63. The summed E-state index contributed by atoms with van der Waals surface area (Å²) in [5, 5.41) is 8.37. The predicted octanol–water partition coefficient (Wildman–Crippen LogP) is 0.549. The summed E-state index contributed by atoms with van der Waals surface area (Å²) in [6.45, 7) is 0.0267. The van der Waals surface area contributed by atoms with Crippen LogP contribution < -0.4 is 10.3 Å². The first-order valence-electron chi connectivity index (χ1n) is 4.64. The molecule has 3 N–H and O–H groups in total. The van der Waals surface area contributed by atoms with Gasteiger partial charge < -0.3 is 5.11 Å². The fraction of sp³-hybridized carbons (Fsp3) is 0.222. The van der Waals surface area contributed by atoms with Gasteiger partial charge in [0.1, 0.15) is 0 Å². The molecule has 0 atom stereocenters. The van der Waals surface area contributed by atoms with E-state index in [1.807, 2.05) is 0 Å². The minimum absolute atomic E-state index is 0.0267. The first kappa shape index (κ1) is 14.4. The SMILES string of the molecule is O=C(O)CCNNS(=O)(=O)c1ccc(I)cc1. The van der Waals surface area contributed by atoms with E-state index in [0.29, 0.717) is 0 Å². The molecule has 94 valence electrons. The van der Waals surface area contributed by atoms with Crippen LogP contribution in [0.1, 0.15) is 6.42 Å². The second kappa shape index (κ2) is 6.28. The van der Waals surface area contributed by atoms with E-state index >= 15 is 0 Å². The quantitative estimate of drug-likeness (QED) is 0.386. The summed E-state index contributed by atoms with van der Waals surface area (Å²) in [4.78, 5) is 12.4. The van der Waals surface area contributed by atoms with Crippen LogP contribution in [-0.2, 0) is 14.8 Å². The zero-order valence-corrected chi connectivity index (χ0v) is 11.7. The molecule has 1 aromatic carbocycles. The van der Waals surface area contributed by atoms with Gasteiger partial charge in [-0.1, -0.05) is 0 Å². The van der Waals surface area contributed by atoms with E-state index in [1.54, 1.807) is 12.1 Å². The van der Waals surface area contributed by atoms with E-state index in [4.69, 9.17) is 5.11 Å². The third kappa shape index (κ3) is 4.98. The molecule has 0 aliphatic heterocycles. The monoisotopic (exact) mass is 370 g/mol. The van der Waals surface area contributed by atoms with Crippen molar-refractivity contribution in [1.82, 2.24) is 10.3 Å². The fourth-order valence-corrected chi connectivity index (χ4v) is 2.25. The molecule has 0 fully saturated rings. The second-order valence-electron chi connectivity index (χ2n) is 3.13. The van der Waals surface area contributed by atoms with Crippen LogP contribution in [0.4, 0.5) is 0 Å². The Hall–Kier alpha value is -0.710. The van der Waals surface area contributed by atoms with Crippen molar-refractivity contribution in [1.29, 1.82) is 0 Å². The summed E-state index contributed by atoms with van der Waals surface area (Å²) < 4.78 is 24.3. The van der Waals surface area contributed by atoms with Gasteiger partial charge in [0.25, 0.3) is 10.0 Å². The number of carbonyl (C=O) groups is 1. The first-order valence-corrected chi connectivity index (χ1v) is 7.20. The Labute approximate surface area is 113 Å². The Morgan fingerprint density at radius 3 is 2.41 bits per heavy atom. The highest BCUT2D eigenvalue weighted by Gasteiger charge is 2.12. The molecule has 0 unspecified atom stereocenters. The van der Waals surface area contributed by atoms with Crippen molar-refractivity contribution >= 4 is 38.6 Å². The molecule has 0 amide bonds. The van der Waals surface area contributed by atoms with Gasteiger partial charge in [0.05, 0.1) is 11.3 Å². The average molecular weight is 370 g/mol. The molecule has 0 spiro atoms. The van der Waals surface area contributed by atoms with Crippen molar-refractivity contribution in [2.75, 3.05) is 6.54 Å². The van der Waals surface area contributed by atoms with Crippen LogP contribution in [0.3, 0.4) is 0 Å². The van der Waals surface area contributed by atoms with E-state index in [2.05, 4.69) is 32.8 Å². The smallest absolute Gasteiger partial charge is 0.304 e. The predicted molar refractivity (Wildman–Crippen MR) is 69.7 cm³/mol. The highest BCUT2D eigenvalue weighted by Crippen LogP contribution is 2.11. The molecular formula is C9H11IN2O4S. The van der Waals surface area contributed by atoms with Gasteiger partial charge in [-0.25, -0.2) is 13.8 Å². The average Bonchev–Trinajstić information content (AvgIpc) is 2.25. The van der Waals surface area contributed by atoms with Crippen molar-refractivity contribution in [2.45, 2.75) is 11.3 Å². The van der Waals surface area contributed by atoms with Crippen molar-refractivity contribution in [3.05, 3.63) is 27.8 Å². The molecular weight excluding hydrogens is 359 g/mol. The van der Waals surface area contributed by atoms with E-state index in [9.17, 15) is 13.2 Å². The summed E-state index contributed by atoms with van der Waals surface area (Å²) in [6, 6.07) is 6.30. The zero-order chi connectivity index (χ0) is 12.9. The normalized spacial score (nSPS) is 11.4. The molecule has 1 rings (SSSR count). The molecule has 0 aromatic heterocycles. The zero-order valence-electron chi connectivity index (χ0n) is 8.68. The molecule has 6 nitrogen and oxygen atoms in total. The summed E-state index contributed by atoms with van der Waals surface area (Å²) in [7, 11) is -3.63. The van der Waals surface area contributed by atoms with Gasteiger partial charge in [0, 0.05) is 10.1 Å². The molecule has 0 aliphatic carbocycles. The van der Waals surface area contributed by atoms with E-state index in [0.717, 1.165) is 3.57 Å². The van der Waals surface area contributed by atoms with Gasteiger partial charge in [-0.05, 0) is 46.9 Å². The molecule has 0 saturated carbocycles. The third-order valence-electron chi connectivity index (χ3n) is 1.79. The van der Waals surface area contributed by atoms with Gasteiger partial charge in [0.15, 0.2) is 0 Å². The molecule has 1 aromatic rings. The van der Waals surface area contributed by atoms with E-state index < -0.39 is 16.0 Å². The van der Waals surface area contributed by atoms with Crippen LogP contribution in [0.2, 0.25) is 0 Å². The highest BCUT2D eigenvalue weighted by atomic mass is 127. The number of carboxylic acid groups (broad SMARTS) is 1. The molecule has 0 radical (unpaired) electrons. The molecule has 0 saturated heterocycles. The summed E-state index contributed by atoms with van der Waals surface area (Å²) in [5.74, 6) is -0.994. The van der Waals surface area contributed by atoms with Gasteiger partial charge in [0.2, 0.25) is 0 Å². The molecule has 0 aliphatic rings. The Kier molecular flexibility index (Phi) is 5.31. The van der Waals surface area contributed by atoms with Crippen molar-refractivity contribution in [3.8, 4) is 0 Å². The number of sulfonamides is 1. The third-order valence-corrected chi connectivity index (χ3v) is 3.82. The maximum Gasteiger partial charge on any atom is 0.304 e. The molecule has 17 heavy (non-hydrogen) atoms. The fourth-order valence-electron chi connectivity index (χ4n) is 0.988. The Balaban J connectivity index is 2.57. The summed E-state index contributed by atoms with van der Waals surface area (Å²) >= 11 is 2.07. The summed E-state index contributed by atoms with van der Waals surface area (Å²) in [5.41, 5.74) is 2.35. The number of carboxylic acids is 1. The standard InChI is InChI=1S/C9H11IN2O4S/c10-7-1-3-8(4-2-7)17(15,16)12-11-6-5-9(13)14/h1-4,11-12H,5-6H2,(H,13,14). The second-order valence-corrected chi connectivity index (χ2v) is 6.06. The Morgan fingerprint density at radius 1 is 1.29 bits per heavy atom. The number of hydrogen-bond donors (Lipinski definition) is 3. The van der Waals surface area contributed by atoms with Gasteiger partial charge in [-0.3, -0.25) is 4.79 Å². The lowest BCUT2D eigenvalue weighted by atomic mass is 10.4. The van der Waals surface area contributed by atoms with Crippen LogP contribution in [0.25, 0.3) is 0 Å². The minimum Gasteiger partial charge on any atom is -0.481 e. The van der Waals surface area contributed by atoms with Gasteiger partial charge in [-0.15, -0.1) is 4.83 Å². The highest BCUT2D eigenvalue weighted by molar-refractivity contribution is 14.1. The number of hydrazine groups is 1. The Morgan fingerprint density at radius 2 is 1.88 bits per heavy atom. The van der Waals surface area contributed by atoms with Crippen LogP contribution in [0.15, 0.2) is 29.2 Å². The van der Waals surface area contributed by atoms with Crippen molar-refractivity contribution in [2.24, 2.45) is 0 Å². The topological polar surface area (TPSA) is 95.5 Å². The van der Waals surface area contributed by atoms with Crippen LogP contribution in [0.5, 0.6) is 0 Å².